The van der Waals surface area contributed by atoms with Crippen molar-refractivity contribution in [2.45, 2.75) is 25.3 Å². The quantitative estimate of drug-likeness (QED) is 0.737. The molecule has 25 heavy (non-hydrogen) atoms. The van der Waals surface area contributed by atoms with Gasteiger partial charge >= 0.3 is 0 Å². The molecule has 126 valence electrons. The highest BCUT2D eigenvalue weighted by atomic mass is 16.2. The molecule has 0 saturated carbocycles. The van der Waals surface area contributed by atoms with Crippen molar-refractivity contribution < 1.29 is 4.79 Å². The van der Waals surface area contributed by atoms with Gasteiger partial charge < -0.3 is 4.90 Å². The number of likely N-dealkylation sites (tertiary alicyclic amines) is 1. The van der Waals surface area contributed by atoms with E-state index < -0.39 is 0 Å². The SMILES string of the molecule is O=C(c1ccnc(-n2ccnc2)c1)N1CCC[C@@H]1Cc1ccccc1. The fourth-order valence-electron chi connectivity index (χ4n) is 3.45. The molecule has 5 nitrogen and oxygen atoms in total. The first-order valence-electron chi connectivity index (χ1n) is 8.60. The number of aromatic nitrogens is 3. The Labute approximate surface area is 147 Å². The molecule has 0 aliphatic carbocycles. The molecule has 1 atom stereocenters. The molecule has 1 aromatic carbocycles. The van der Waals surface area contributed by atoms with E-state index in [4.69, 9.17) is 0 Å². The third kappa shape index (κ3) is 3.31. The Bertz CT molecular complexity index is 845. The van der Waals surface area contributed by atoms with Gasteiger partial charge in [0, 0.05) is 36.7 Å². The van der Waals surface area contributed by atoms with Gasteiger partial charge in [-0.3, -0.25) is 9.36 Å². The first kappa shape index (κ1) is 15.6. The molecule has 0 spiro atoms. The zero-order chi connectivity index (χ0) is 17.1. The highest BCUT2D eigenvalue weighted by Gasteiger charge is 2.29. The Morgan fingerprint density at radius 2 is 2.04 bits per heavy atom. The average Bonchev–Trinajstić information content (AvgIpc) is 3.34. The predicted octanol–water partition coefficient (Wildman–Crippen LogP) is 3.11. The van der Waals surface area contributed by atoms with Gasteiger partial charge in [-0.05, 0) is 37.0 Å². The smallest absolute Gasteiger partial charge is 0.254 e. The molecule has 0 bridgehead atoms. The van der Waals surface area contributed by atoms with Gasteiger partial charge in [0.25, 0.3) is 5.91 Å². The van der Waals surface area contributed by atoms with Crippen molar-refractivity contribution in [2.24, 2.45) is 0 Å². The maximum Gasteiger partial charge on any atom is 0.254 e. The monoisotopic (exact) mass is 332 g/mol. The Morgan fingerprint density at radius 3 is 2.84 bits per heavy atom. The van der Waals surface area contributed by atoms with E-state index in [1.807, 2.05) is 27.8 Å². The van der Waals surface area contributed by atoms with Crippen molar-refractivity contribution in [3.05, 3.63) is 78.5 Å². The van der Waals surface area contributed by atoms with Crippen LogP contribution >= 0.6 is 0 Å². The predicted molar refractivity (Wildman–Crippen MR) is 95.6 cm³/mol. The summed E-state index contributed by atoms with van der Waals surface area (Å²) in [6.45, 7) is 0.819. The van der Waals surface area contributed by atoms with Gasteiger partial charge in [-0.25, -0.2) is 9.97 Å². The minimum atomic E-state index is 0.0854. The average molecular weight is 332 g/mol. The molecule has 0 N–H and O–H groups in total. The molecule has 0 unspecified atom stereocenters. The molecule has 5 heteroatoms. The van der Waals surface area contributed by atoms with Crippen LogP contribution in [0.1, 0.15) is 28.8 Å². The highest BCUT2D eigenvalue weighted by Crippen LogP contribution is 2.23. The summed E-state index contributed by atoms with van der Waals surface area (Å²) in [7, 11) is 0. The molecule has 1 fully saturated rings. The van der Waals surface area contributed by atoms with E-state index in [1.54, 1.807) is 24.8 Å². The van der Waals surface area contributed by atoms with Gasteiger partial charge in [0.1, 0.15) is 12.1 Å². The maximum absolute atomic E-state index is 13.0. The van der Waals surface area contributed by atoms with E-state index >= 15 is 0 Å². The number of rotatable bonds is 4. The van der Waals surface area contributed by atoms with Gasteiger partial charge in [-0.15, -0.1) is 0 Å². The molecular formula is C20H20N4O. The van der Waals surface area contributed by atoms with Crippen LogP contribution in [0.15, 0.2) is 67.4 Å². The second-order valence-electron chi connectivity index (χ2n) is 6.36. The summed E-state index contributed by atoms with van der Waals surface area (Å²) in [6, 6.07) is 14.3. The molecule has 1 aliphatic rings. The van der Waals surface area contributed by atoms with E-state index in [2.05, 4.69) is 34.2 Å². The van der Waals surface area contributed by atoms with Crippen LogP contribution in [0.3, 0.4) is 0 Å². The maximum atomic E-state index is 13.0. The molecule has 2 aromatic heterocycles. The van der Waals surface area contributed by atoms with Crippen molar-refractivity contribution in [3.63, 3.8) is 0 Å². The van der Waals surface area contributed by atoms with E-state index in [0.717, 1.165) is 25.8 Å². The van der Waals surface area contributed by atoms with E-state index in [9.17, 15) is 4.79 Å². The Kier molecular flexibility index (Phi) is 4.29. The van der Waals surface area contributed by atoms with Crippen LogP contribution in [0.25, 0.3) is 5.82 Å². The normalized spacial score (nSPS) is 17.0. The fourth-order valence-corrected chi connectivity index (χ4v) is 3.45. The summed E-state index contributed by atoms with van der Waals surface area (Å²) in [5.41, 5.74) is 1.96. The van der Waals surface area contributed by atoms with Crippen molar-refractivity contribution in [1.29, 1.82) is 0 Å². The summed E-state index contributed by atoms with van der Waals surface area (Å²) in [5.74, 6) is 0.796. The molecule has 1 aliphatic heterocycles. The first-order valence-corrected chi connectivity index (χ1v) is 8.60. The lowest BCUT2D eigenvalue weighted by Gasteiger charge is -2.25. The number of carbonyl (C=O) groups excluding carboxylic acids is 1. The third-order valence-corrected chi connectivity index (χ3v) is 4.71. The zero-order valence-electron chi connectivity index (χ0n) is 14.0. The van der Waals surface area contributed by atoms with Crippen LogP contribution in [0.2, 0.25) is 0 Å². The summed E-state index contributed by atoms with van der Waals surface area (Å²) < 4.78 is 1.81. The Morgan fingerprint density at radius 1 is 1.16 bits per heavy atom. The molecular weight excluding hydrogens is 312 g/mol. The summed E-state index contributed by atoms with van der Waals surface area (Å²) in [6.07, 6.45) is 9.92. The molecule has 3 heterocycles. The molecule has 1 amide bonds. The largest absolute Gasteiger partial charge is 0.335 e. The molecule has 0 radical (unpaired) electrons. The Balaban J connectivity index is 1.54. The number of benzene rings is 1. The van der Waals surface area contributed by atoms with Crippen molar-refractivity contribution in [2.75, 3.05) is 6.54 Å². The number of hydrogen-bond donors (Lipinski definition) is 0. The number of amides is 1. The summed E-state index contributed by atoms with van der Waals surface area (Å²) in [4.78, 5) is 23.4. The van der Waals surface area contributed by atoms with Crippen LogP contribution in [0.4, 0.5) is 0 Å². The van der Waals surface area contributed by atoms with Gasteiger partial charge in [-0.1, -0.05) is 30.3 Å². The molecule has 3 aromatic rings. The lowest BCUT2D eigenvalue weighted by atomic mass is 10.0. The first-order chi connectivity index (χ1) is 12.3. The summed E-state index contributed by atoms with van der Waals surface area (Å²) in [5, 5.41) is 0. The van der Waals surface area contributed by atoms with E-state index in [-0.39, 0.29) is 11.9 Å². The van der Waals surface area contributed by atoms with Crippen LogP contribution in [0, 0.1) is 0 Å². The zero-order valence-corrected chi connectivity index (χ0v) is 14.0. The second-order valence-corrected chi connectivity index (χ2v) is 6.36. The van der Waals surface area contributed by atoms with Crippen molar-refractivity contribution in [3.8, 4) is 5.82 Å². The third-order valence-electron chi connectivity index (χ3n) is 4.71. The fraction of sp³-hybridized carbons (Fsp3) is 0.250. The number of pyridine rings is 1. The molecule has 1 saturated heterocycles. The van der Waals surface area contributed by atoms with Gasteiger partial charge in [-0.2, -0.15) is 0 Å². The minimum Gasteiger partial charge on any atom is -0.335 e. The number of nitrogens with zero attached hydrogens (tertiary/aromatic N) is 4. The van der Waals surface area contributed by atoms with Gasteiger partial charge in [0.15, 0.2) is 0 Å². The van der Waals surface area contributed by atoms with E-state index in [0.29, 0.717) is 11.4 Å². The second kappa shape index (κ2) is 6.89. The summed E-state index contributed by atoms with van der Waals surface area (Å²) >= 11 is 0. The number of carbonyl (C=O) groups is 1. The molecule has 4 rings (SSSR count). The lowest BCUT2D eigenvalue weighted by Crippen LogP contribution is -2.36. The van der Waals surface area contributed by atoms with Crippen LogP contribution < -0.4 is 0 Å². The highest BCUT2D eigenvalue weighted by molar-refractivity contribution is 5.95. The minimum absolute atomic E-state index is 0.0854. The topological polar surface area (TPSA) is 51.0 Å². The van der Waals surface area contributed by atoms with Crippen LogP contribution in [-0.2, 0) is 6.42 Å². The van der Waals surface area contributed by atoms with Crippen LogP contribution in [-0.4, -0.2) is 37.9 Å². The lowest BCUT2D eigenvalue weighted by molar-refractivity contribution is 0.0736. The number of imidazole rings is 1. The van der Waals surface area contributed by atoms with Gasteiger partial charge in [0.2, 0.25) is 0 Å². The van der Waals surface area contributed by atoms with Crippen LogP contribution in [0.5, 0.6) is 0 Å². The van der Waals surface area contributed by atoms with E-state index in [1.165, 1.54) is 5.56 Å². The number of hydrogen-bond acceptors (Lipinski definition) is 3. The Hall–Kier alpha value is -2.95. The van der Waals surface area contributed by atoms with Gasteiger partial charge in [0.05, 0.1) is 0 Å². The standard InChI is InChI=1S/C20H20N4O/c25-20(17-8-9-22-19(14-17)23-12-10-21-15-23)24-11-4-7-18(24)13-16-5-2-1-3-6-16/h1-3,5-6,8-10,12,14-15,18H,4,7,11,13H2/t18-/m1/s1. The van der Waals surface area contributed by atoms with Crippen molar-refractivity contribution >= 4 is 5.91 Å². The van der Waals surface area contributed by atoms with Crippen molar-refractivity contribution in [1.82, 2.24) is 19.4 Å².